The molecule has 0 aliphatic rings. The molecule has 1 rings (SSSR count). The van der Waals surface area contributed by atoms with Crippen molar-refractivity contribution in [2.45, 2.75) is 32.6 Å². The summed E-state index contributed by atoms with van der Waals surface area (Å²) >= 11 is 12.3. The van der Waals surface area contributed by atoms with Gasteiger partial charge in [0.15, 0.2) is 0 Å². The summed E-state index contributed by atoms with van der Waals surface area (Å²) in [5, 5.41) is 0.486. The lowest BCUT2D eigenvalue weighted by Crippen LogP contribution is -2.23. The predicted octanol–water partition coefficient (Wildman–Crippen LogP) is 3.33. The number of hydrogen-bond acceptors (Lipinski definition) is 3. The van der Waals surface area contributed by atoms with Gasteiger partial charge in [-0.05, 0) is 5.41 Å². The Kier molecular flexibility index (Phi) is 4.39. The minimum atomic E-state index is -0.0374. The van der Waals surface area contributed by atoms with Crippen molar-refractivity contribution >= 4 is 23.2 Å². The fourth-order valence-corrected chi connectivity index (χ4v) is 1.42. The van der Waals surface area contributed by atoms with Crippen LogP contribution in [0, 0.1) is 5.41 Å². The number of alkyl halides is 1. The Hall–Kier alpha value is -0.540. The molecule has 0 radical (unpaired) electrons. The second kappa shape index (κ2) is 5.19. The molecule has 1 aromatic rings. The summed E-state index contributed by atoms with van der Waals surface area (Å²) in [4.78, 5) is 8.11. The lowest BCUT2D eigenvalue weighted by Gasteiger charge is -2.24. The third-order valence-corrected chi connectivity index (χ3v) is 3.41. The van der Waals surface area contributed by atoms with Crippen LogP contribution in [0.1, 0.15) is 26.5 Å². The van der Waals surface area contributed by atoms with E-state index < -0.39 is 0 Å². The number of rotatable bonds is 3. The largest absolute Gasteiger partial charge is 0.467 e. The Balaban J connectivity index is 2.88. The highest BCUT2D eigenvalue weighted by Gasteiger charge is 2.24. The summed E-state index contributed by atoms with van der Waals surface area (Å²) in [6.45, 7) is 6.24. The monoisotopic (exact) mass is 262 g/mol. The lowest BCUT2D eigenvalue weighted by molar-refractivity contribution is 0.369. The molecule has 1 atom stereocenters. The Bertz CT molecular complexity index is 363. The third kappa shape index (κ3) is 3.49. The van der Waals surface area contributed by atoms with Gasteiger partial charge in [-0.2, -0.15) is 4.98 Å². The Labute approximate surface area is 106 Å². The highest BCUT2D eigenvalue weighted by atomic mass is 35.5. The standard InChI is InChI=1S/C11H16Cl2N2O/c1-11(2,3)9(13)5-8-7(12)6-14-10(15-8)16-4/h6,9H,5H2,1-4H3. The third-order valence-electron chi connectivity index (χ3n) is 2.29. The molecule has 0 saturated heterocycles. The van der Waals surface area contributed by atoms with Gasteiger partial charge in [0, 0.05) is 11.8 Å². The van der Waals surface area contributed by atoms with Gasteiger partial charge in [0.1, 0.15) is 0 Å². The minimum Gasteiger partial charge on any atom is -0.467 e. The van der Waals surface area contributed by atoms with Crippen LogP contribution in [-0.4, -0.2) is 22.5 Å². The first kappa shape index (κ1) is 13.5. The van der Waals surface area contributed by atoms with E-state index in [1.165, 1.54) is 13.3 Å². The van der Waals surface area contributed by atoms with Crippen LogP contribution in [0.4, 0.5) is 0 Å². The van der Waals surface area contributed by atoms with Crippen LogP contribution in [0.5, 0.6) is 6.01 Å². The minimum absolute atomic E-state index is 0.00305. The Morgan fingerprint density at radius 1 is 1.44 bits per heavy atom. The number of ether oxygens (including phenoxy) is 1. The van der Waals surface area contributed by atoms with E-state index in [0.717, 1.165) is 5.69 Å². The van der Waals surface area contributed by atoms with Crippen LogP contribution in [0.3, 0.4) is 0 Å². The number of aromatic nitrogens is 2. The van der Waals surface area contributed by atoms with Crippen molar-refractivity contribution in [2.75, 3.05) is 7.11 Å². The van der Waals surface area contributed by atoms with Crippen LogP contribution in [-0.2, 0) is 6.42 Å². The van der Waals surface area contributed by atoms with Gasteiger partial charge in [0.25, 0.3) is 0 Å². The topological polar surface area (TPSA) is 35.0 Å². The van der Waals surface area contributed by atoms with Crippen LogP contribution in [0.25, 0.3) is 0 Å². The van der Waals surface area contributed by atoms with Crippen molar-refractivity contribution in [3.8, 4) is 6.01 Å². The zero-order valence-corrected chi connectivity index (χ0v) is 11.4. The van der Waals surface area contributed by atoms with Crippen LogP contribution in [0.2, 0.25) is 5.02 Å². The summed E-state index contributed by atoms with van der Waals surface area (Å²) in [5.41, 5.74) is 0.728. The molecular weight excluding hydrogens is 247 g/mol. The van der Waals surface area contributed by atoms with E-state index in [1.807, 2.05) is 0 Å². The van der Waals surface area contributed by atoms with Gasteiger partial charge < -0.3 is 4.74 Å². The lowest BCUT2D eigenvalue weighted by atomic mass is 9.89. The van der Waals surface area contributed by atoms with Crippen molar-refractivity contribution < 1.29 is 4.74 Å². The van der Waals surface area contributed by atoms with Crippen molar-refractivity contribution in [3.05, 3.63) is 16.9 Å². The first-order chi connectivity index (χ1) is 7.34. The van der Waals surface area contributed by atoms with Crippen molar-refractivity contribution in [3.63, 3.8) is 0 Å². The number of methoxy groups -OCH3 is 1. The highest BCUT2D eigenvalue weighted by molar-refractivity contribution is 6.31. The summed E-state index contributed by atoms with van der Waals surface area (Å²) in [6, 6.07) is 0.317. The fraction of sp³-hybridized carbons (Fsp3) is 0.636. The van der Waals surface area contributed by atoms with E-state index in [0.29, 0.717) is 17.5 Å². The summed E-state index contributed by atoms with van der Waals surface area (Å²) in [6.07, 6.45) is 2.14. The molecule has 1 heterocycles. The second-order valence-corrected chi connectivity index (χ2v) is 5.62. The maximum Gasteiger partial charge on any atom is 0.316 e. The van der Waals surface area contributed by atoms with Gasteiger partial charge in [-0.1, -0.05) is 32.4 Å². The molecule has 0 aromatic carbocycles. The van der Waals surface area contributed by atoms with Crippen molar-refractivity contribution in [1.29, 1.82) is 0 Å². The van der Waals surface area contributed by atoms with E-state index >= 15 is 0 Å². The van der Waals surface area contributed by atoms with E-state index in [2.05, 4.69) is 30.7 Å². The van der Waals surface area contributed by atoms with Gasteiger partial charge in [-0.15, -0.1) is 11.6 Å². The highest BCUT2D eigenvalue weighted by Crippen LogP contribution is 2.29. The van der Waals surface area contributed by atoms with Gasteiger partial charge in [-0.3, -0.25) is 0 Å². The van der Waals surface area contributed by atoms with Crippen molar-refractivity contribution in [1.82, 2.24) is 9.97 Å². The molecule has 0 fully saturated rings. The van der Waals surface area contributed by atoms with Gasteiger partial charge in [0.2, 0.25) is 0 Å². The molecule has 0 aliphatic heterocycles. The first-order valence-corrected chi connectivity index (χ1v) is 5.85. The first-order valence-electron chi connectivity index (χ1n) is 5.04. The molecule has 3 nitrogen and oxygen atoms in total. The SMILES string of the molecule is COc1ncc(Cl)c(CC(Cl)C(C)(C)C)n1. The van der Waals surface area contributed by atoms with E-state index in [9.17, 15) is 0 Å². The molecular formula is C11H16Cl2N2O. The van der Waals surface area contributed by atoms with E-state index in [-0.39, 0.29) is 10.8 Å². The number of halogens is 2. The molecule has 0 bridgehead atoms. The average molecular weight is 263 g/mol. The maximum absolute atomic E-state index is 6.30. The van der Waals surface area contributed by atoms with Crippen LogP contribution in [0.15, 0.2) is 6.20 Å². The normalized spacial score (nSPS) is 13.6. The van der Waals surface area contributed by atoms with Crippen LogP contribution >= 0.6 is 23.2 Å². The average Bonchev–Trinajstić information content (AvgIpc) is 2.19. The molecule has 90 valence electrons. The van der Waals surface area contributed by atoms with Crippen LogP contribution < -0.4 is 4.74 Å². The van der Waals surface area contributed by atoms with Crippen molar-refractivity contribution in [2.24, 2.45) is 5.41 Å². The molecule has 1 aromatic heterocycles. The predicted molar refractivity (Wildman–Crippen MR) is 66.4 cm³/mol. The molecule has 16 heavy (non-hydrogen) atoms. The Morgan fingerprint density at radius 2 is 2.06 bits per heavy atom. The number of nitrogens with zero attached hydrogens (tertiary/aromatic N) is 2. The summed E-state index contributed by atoms with van der Waals surface area (Å²) in [7, 11) is 1.52. The molecule has 0 aliphatic carbocycles. The quantitative estimate of drug-likeness (QED) is 0.784. The Morgan fingerprint density at radius 3 is 2.56 bits per heavy atom. The smallest absolute Gasteiger partial charge is 0.316 e. The zero-order valence-electron chi connectivity index (χ0n) is 9.92. The summed E-state index contributed by atoms with van der Waals surface area (Å²) < 4.78 is 4.95. The molecule has 5 heteroatoms. The molecule has 0 saturated carbocycles. The molecule has 1 unspecified atom stereocenters. The zero-order chi connectivity index (χ0) is 12.3. The second-order valence-electron chi connectivity index (χ2n) is 4.69. The molecule has 0 spiro atoms. The van der Waals surface area contributed by atoms with E-state index in [1.54, 1.807) is 0 Å². The van der Waals surface area contributed by atoms with Gasteiger partial charge in [0.05, 0.1) is 24.0 Å². The fourth-order valence-electron chi connectivity index (χ4n) is 1.10. The number of hydrogen-bond donors (Lipinski definition) is 0. The molecule has 0 N–H and O–H groups in total. The van der Waals surface area contributed by atoms with Gasteiger partial charge in [-0.25, -0.2) is 4.98 Å². The molecule has 0 amide bonds. The maximum atomic E-state index is 6.30. The van der Waals surface area contributed by atoms with E-state index in [4.69, 9.17) is 27.9 Å². The summed E-state index contributed by atoms with van der Waals surface area (Å²) in [5.74, 6) is 0. The van der Waals surface area contributed by atoms with Gasteiger partial charge >= 0.3 is 6.01 Å².